The van der Waals surface area contributed by atoms with Crippen molar-refractivity contribution in [2.75, 3.05) is 5.32 Å². The van der Waals surface area contributed by atoms with Crippen LogP contribution >= 0.6 is 0 Å². The second-order valence-electron chi connectivity index (χ2n) is 6.75. The first kappa shape index (κ1) is 13.9. The van der Waals surface area contributed by atoms with E-state index in [0.29, 0.717) is 6.42 Å². The van der Waals surface area contributed by atoms with Crippen LogP contribution in [0, 0.1) is 0 Å². The van der Waals surface area contributed by atoms with Crippen LogP contribution in [0.5, 0.6) is 0 Å². The number of anilines is 1. The minimum absolute atomic E-state index is 0.116. The van der Waals surface area contributed by atoms with Gasteiger partial charge in [0.05, 0.1) is 0 Å². The van der Waals surface area contributed by atoms with E-state index in [1.54, 1.807) is 0 Å². The molecule has 0 unspecified atom stereocenters. The number of hydrogen-bond acceptors (Lipinski definition) is 1. The molecule has 1 amide bonds. The van der Waals surface area contributed by atoms with Gasteiger partial charge in [-0.3, -0.25) is 4.79 Å². The van der Waals surface area contributed by atoms with Gasteiger partial charge in [-0.1, -0.05) is 51.1 Å². The molecule has 3 rings (SSSR count). The zero-order chi connectivity index (χ0) is 15.0. The van der Waals surface area contributed by atoms with E-state index in [4.69, 9.17) is 0 Å². The summed E-state index contributed by atoms with van der Waals surface area (Å²) < 4.78 is 0. The maximum absolute atomic E-state index is 11.4. The average molecular weight is 279 g/mol. The van der Waals surface area contributed by atoms with Crippen molar-refractivity contribution in [3.05, 3.63) is 53.6 Å². The molecule has 1 aliphatic heterocycles. The number of rotatable bonds is 1. The van der Waals surface area contributed by atoms with Gasteiger partial charge in [-0.2, -0.15) is 0 Å². The minimum atomic E-state index is 0.116. The van der Waals surface area contributed by atoms with Crippen molar-refractivity contribution in [3.8, 4) is 11.1 Å². The third-order valence-corrected chi connectivity index (χ3v) is 4.08. The number of aryl methyl sites for hydroxylation is 1. The topological polar surface area (TPSA) is 29.1 Å². The fourth-order valence-corrected chi connectivity index (χ4v) is 2.73. The molecule has 2 heteroatoms. The number of carbonyl (C=O) groups excluding carboxylic acids is 1. The summed E-state index contributed by atoms with van der Waals surface area (Å²) in [6, 6.07) is 15.1. The first-order chi connectivity index (χ1) is 9.93. The van der Waals surface area contributed by atoms with Gasteiger partial charge in [-0.05, 0) is 46.2 Å². The van der Waals surface area contributed by atoms with Crippen LogP contribution in [-0.4, -0.2) is 5.91 Å². The molecular formula is C19H21NO. The highest BCUT2D eigenvalue weighted by atomic mass is 16.1. The van der Waals surface area contributed by atoms with E-state index in [0.717, 1.165) is 12.1 Å². The molecule has 0 atom stereocenters. The number of fused-ring (bicyclic) bond motifs is 1. The summed E-state index contributed by atoms with van der Waals surface area (Å²) in [5.41, 5.74) is 6.15. The molecule has 2 nitrogen and oxygen atoms in total. The lowest BCUT2D eigenvalue weighted by Crippen LogP contribution is -2.18. The van der Waals surface area contributed by atoms with E-state index in [9.17, 15) is 4.79 Å². The number of amides is 1. The van der Waals surface area contributed by atoms with Crippen LogP contribution in [0.2, 0.25) is 0 Å². The normalized spacial score (nSPS) is 14.5. The Morgan fingerprint density at radius 3 is 2.24 bits per heavy atom. The van der Waals surface area contributed by atoms with E-state index >= 15 is 0 Å². The summed E-state index contributed by atoms with van der Waals surface area (Å²) in [4.78, 5) is 11.4. The van der Waals surface area contributed by atoms with Crippen molar-refractivity contribution in [3.63, 3.8) is 0 Å². The lowest BCUT2D eigenvalue weighted by Gasteiger charge is -2.20. The molecule has 0 saturated carbocycles. The fraction of sp³-hybridized carbons (Fsp3) is 0.316. The van der Waals surface area contributed by atoms with Gasteiger partial charge in [0.1, 0.15) is 0 Å². The number of hydrogen-bond donors (Lipinski definition) is 1. The van der Waals surface area contributed by atoms with Gasteiger partial charge < -0.3 is 5.32 Å². The molecule has 0 saturated heterocycles. The van der Waals surface area contributed by atoms with Crippen LogP contribution in [0.15, 0.2) is 42.5 Å². The summed E-state index contributed by atoms with van der Waals surface area (Å²) in [5.74, 6) is 0.116. The van der Waals surface area contributed by atoms with Crippen molar-refractivity contribution in [2.24, 2.45) is 0 Å². The molecule has 1 heterocycles. The number of nitrogens with one attached hydrogen (secondary N) is 1. The predicted octanol–water partition coefficient (Wildman–Crippen LogP) is 4.54. The highest BCUT2D eigenvalue weighted by Crippen LogP contribution is 2.30. The molecule has 2 aromatic rings. The van der Waals surface area contributed by atoms with Crippen molar-refractivity contribution >= 4 is 11.6 Å². The molecular weight excluding hydrogens is 258 g/mol. The van der Waals surface area contributed by atoms with Gasteiger partial charge in [0.2, 0.25) is 5.91 Å². The molecule has 0 spiro atoms. The Morgan fingerprint density at radius 1 is 0.905 bits per heavy atom. The summed E-state index contributed by atoms with van der Waals surface area (Å²) in [5, 5.41) is 2.93. The Kier molecular flexibility index (Phi) is 3.32. The fourth-order valence-electron chi connectivity index (χ4n) is 2.73. The second kappa shape index (κ2) is 5.03. The maximum Gasteiger partial charge on any atom is 0.224 e. The van der Waals surface area contributed by atoms with Gasteiger partial charge in [0, 0.05) is 12.1 Å². The second-order valence-corrected chi connectivity index (χ2v) is 6.75. The smallest absolute Gasteiger partial charge is 0.224 e. The molecule has 0 radical (unpaired) electrons. The molecule has 2 aromatic carbocycles. The van der Waals surface area contributed by atoms with Crippen LogP contribution in [0.4, 0.5) is 5.69 Å². The molecule has 0 bridgehead atoms. The number of carbonyl (C=O) groups is 1. The van der Waals surface area contributed by atoms with Crippen LogP contribution in [0.3, 0.4) is 0 Å². The minimum Gasteiger partial charge on any atom is -0.326 e. The third-order valence-electron chi connectivity index (χ3n) is 4.08. The quantitative estimate of drug-likeness (QED) is 0.816. The van der Waals surface area contributed by atoms with Gasteiger partial charge in [-0.15, -0.1) is 0 Å². The van der Waals surface area contributed by atoms with E-state index in [1.165, 1.54) is 22.3 Å². The van der Waals surface area contributed by atoms with Crippen molar-refractivity contribution in [1.29, 1.82) is 0 Å². The molecule has 1 aliphatic rings. The van der Waals surface area contributed by atoms with Crippen molar-refractivity contribution < 1.29 is 4.79 Å². The molecule has 0 aliphatic carbocycles. The lowest BCUT2D eigenvalue weighted by atomic mass is 9.86. The van der Waals surface area contributed by atoms with Crippen LogP contribution in [-0.2, 0) is 16.6 Å². The lowest BCUT2D eigenvalue weighted by molar-refractivity contribution is -0.116. The molecule has 21 heavy (non-hydrogen) atoms. The van der Waals surface area contributed by atoms with Crippen LogP contribution in [0.25, 0.3) is 11.1 Å². The van der Waals surface area contributed by atoms with Crippen LogP contribution < -0.4 is 5.32 Å². The summed E-state index contributed by atoms with van der Waals surface area (Å²) in [6.07, 6.45) is 1.41. The Labute approximate surface area is 126 Å². The highest BCUT2D eigenvalue weighted by Gasteiger charge is 2.16. The zero-order valence-corrected chi connectivity index (χ0v) is 12.9. The first-order valence-electron chi connectivity index (χ1n) is 7.47. The monoisotopic (exact) mass is 279 g/mol. The molecule has 0 fully saturated rings. The Morgan fingerprint density at radius 2 is 1.57 bits per heavy atom. The van der Waals surface area contributed by atoms with E-state index < -0.39 is 0 Å². The largest absolute Gasteiger partial charge is 0.326 e. The summed E-state index contributed by atoms with van der Waals surface area (Å²) in [6.45, 7) is 6.68. The highest BCUT2D eigenvalue weighted by molar-refractivity contribution is 5.94. The Bertz CT molecular complexity index is 678. The predicted molar refractivity (Wildman–Crippen MR) is 87.5 cm³/mol. The standard InChI is InChI=1S/C19H21NO/c1-19(2,3)16-8-4-13(5-9-16)14-6-10-17-15(12-14)7-11-18(21)20-17/h4-6,8-10,12H,7,11H2,1-3H3,(H,20,21). The SMILES string of the molecule is CC(C)(C)c1ccc(-c2ccc3c(c2)CCC(=O)N3)cc1. The van der Waals surface area contributed by atoms with Gasteiger partial charge >= 0.3 is 0 Å². The number of benzene rings is 2. The average Bonchev–Trinajstić information content (AvgIpc) is 2.46. The van der Waals surface area contributed by atoms with Gasteiger partial charge in [-0.25, -0.2) is 0 Å². The third kappa shape index (κ3) is 2.85. The molecule has 108 valence electrons. The van der Waals surface area contributed by atoms with E-state index in [2.05, 4.69) is 62.5 Å². The Balaban J connectivity index is 1.92. The van der Waals surface area contributed by atoms with Crippen LogP contribution in [0.1, 0.15) is 38.3 Å². The van der Waals surface area contributed by atoms with E-state index in [-0.39, 0.29) is 11.3 Å². The summed E-state index contributed by atoms with van der Waals surface area (Å²) in [7, 11) is 0. The van der Waals surface area contributed by atoms with Gasteiger partial charge in [0.15, 0.2) is 0 Å². The zero-order valence-electron chi connectivity index (χ0n) is 12.9. The van der Waals surface area contributed by atoms with Gasteiger partial charge in [0.25, 0.3) is 0 Å². The van der Waals surface area contributed by atoms with E-state index in [1.807, 2.05) is 6.07 Å². The molecule has 1 N–H and O–H groups in total. The maximum atomic E-state index is 11.4. The first-order valence-corrected chi connectivity index (χ1v) is 7.47. The van der Waals surface area contributed by atoms with Crippen molar-refractivity contribution in [2.45, 2.75) is 39.0 Å². The molecule has 0 aromatic heterocycles. The Hall–Kier alpha value is -2.09. The van der Waals surface area contributed by atoms with Crippen molar-refractivity contribution in [1.82, 2.24) is 0 Å². The summed E-state index contributed by atoms with van der Waals surface area (Å²) >= 11 is 0.